The molecule has 0 aromatic rings. The van der Waals surface area contributed by atoms with Gasteiger partial charge in [-0.25, -0.2) is 0 Å². The van der Waals surface area contributed by atoms with Crippen LogP contribution in [-0.4, -0.2) is 59.4 Å². The van der Waals surface area contributed by atoms with Gasteiger partial charge >= 0.3 is 26.4 Å². The Morgan fingerprint density at radius 1 is 0.333 bits per heavy atom. The number of rotatable bonds is 27. The molecule has 0 saturated carbocycles. The van der Waals surface area contributed by atoms with Crippen LogP contribution in [0.4, 0.5) is 0 Å². The molecule has 0 N–H and O–H groups in total. The third kappa shape index (κ3) is 14.5. The Kier molecular flexibility index (Phi) is 22.4. The molecule has 0 rings (SSSR count). The van der Waals surface area contributed by atoms with Gasteiger partial charge in [-0.2, -0.15) is 0 Å². The van der Waals surface area contributed by atoms with E-state index in [1.807, 2.05) is 0 Å². The Hall–Kier alpha value is 0.371. The summed E-state index contributed by atoms with van der Waals surface area (Å²) in [6.45, 7) is 20.2. The van der Waals surface area contributed by atoms with E-state index < -0.39 is 26.4 Å². The molecule has 0 aromatic heterocycles. The Morgan fingerprint density at radius 3 is 0.750 bits per heavy atom. The SMILES string of the molecule is CCCCO[Si](CC)(OCCCC)O[Si](CC)(OCCCC)O[Si](CC)(OCCCC)OCCCC. The van der Waals surface area contributed by atoms with Crippen molar-refractivity contribution in [3.05, 3.63) is 0 Å². The molecule has 0 aliphatic heterocycles. The van der Waals surface area contributed by atoms with Crippen molar-refractivity contribution in [3.63, 3.8) is 0 Å². The average Bonchev–Trinajstić information content (AvgIpc) is 2.89. The van der Waals surface area contributed by atoms with Crippen molar-refractivity contribution in [2.24, 2.45) is 0 Å². The summed E-state index contributed by atoms with van der Waals surface area (Å²) in [6, 6.07) is 2.00. The summed E-state index contributed by atoms with van der Waals surface area (Å²) in [6.07, 6.45) is 10.1. The largest absolute Gasteiger partial charge is 0.493 e. The van der Waals surface area contributed by atoms with Crippen molar-refractivity contribution in [2.75, 3.05) is 33.0 Å². The lowest BCUT2D eigenvalue weighted by Gasteiger charge is -2.42. The van der Waals surface area contributed by atoms with Crippen molar-refractivity contribution < 1.29 is 30.4 Å². The summed E-state index contributed by atoms with van der Waals surface area (Å²) in [5.41, 5.74) is 0. The third-order valence-electron chi connectivity index (χ3n) is 6.02. The Balaban J connectivity index is 6.20. The maximum Gasteiger partial charge on any atom is 0.493 e. The molecule has 7 nitrogen and oxygen atoms in total. The fourth-order valence-corrected chi connectivity index (χ4v) is 14.9. The van der Waals surface area contributed by atoms with Crippen LogP contribution in [0.15, 0.2) is 0 Å². The molecule has 0 fully saturated rings. The molecule has 10 heteroatoms. The van der Waals surface area contributed by atoms with E-state index in [4.69, 9.17) is 30.4 Å². The van der Waals surface area contributed by atoms with Crippen molar-refractivity contribution in [1.82, 2.24) is 0 Å². The second-order valence-corrected chi connectivity index (χ2v) is 18.6. The van der Waals surface area contributed by atoms with Crippen LogP contribution < -0.4 is 0 Å². The van der Waals surface area contributed by atoms with Crippen LogP contribution in [0.1, 0.15) is 120 Å². The molecule has 0 aliphatic carbocycles. The summed E-state index contributed by atoms with van der Waals surface area (Å²) >= 11 is 0. The summed E-state index contributed by atoms with van der Waals surface area (Å²) in [5, 5.41) is 0. The van der Waals surface area contributed by atoms with Crippen molar-refractivity contribution in [3.8, 4) is 0 Å². The van der Waals surface area contributed by atoms with E-state index in [1.165, 1.54) is 0 Å². The van der Waals surface area contributed by atoms with Crippen LogP contribution >= 0.6 is 0 Å². The van der Waals surface area contributed by atoms with Crippen molar-refractivity contribution in [1.29, 1.82) is 0 Å². The monoisotopic (exact) mass is 568 g/mol. The predicted octanol–water partition coefficient (Wildman–Crippen LogP) is 7.98. The van der Waals surface area contributed by atoms with E-state index >= 15 is 0 Å². The van der Waals surface area contributed by atoms with Crippen LogP contribution in [0.3, 0.4) is 0 Å². The van der Waals surface area contributed by atoms with Gasteiger partial charge < -0.3 is 30.4 Å². The number of hydrogen-bond acceptors (Lipinski definition) is 7. The lowest BCUT2D eigenvalue weighted by molar-refractivity contribution is 0.0319. The van der Waals surface area contributed by atoms with Gasteiger partial charge in [0.15, 0.2) is 0 Å². The summed E-state index contributed by atoms with van der Waals surface area (Å²) < 4.78 is 46.5. The highest BCUT2D eigenvalue weighted by Gasteiger charge is 2.57. The van der Waals surface area contributed by atoms with Crippen LogP contribution in [0.2, 0.25) is 18.1 Å². The minimum Gasteiger partial charge on any atom is -0.374 e. The summed E-state index contributed by atoms with van der Waals surface area (Å²) in [5.74, 6) is 0. The van der Waals surface area contributed by atoms with Gasteiger partial charge in [0.25, 0.3) is 0 Å². The first-order valence-electron chi connectivity index (χ1n) is 15.0. The molecule has 0 amide bonds. The second-order valence-electron chi connectivity index (χ2n) is 9.32. The zero-order valence-corrected chi connectivity index (χ0v) is 28.1. The van der Waals surface area contributed by atoms with Crippen molar-refractivity contribution in [2.45, 2.75) is 138 Å². The molecule has 0 aromatic carbocycles. The third-order valence-corrected chi connectivity index (χ3v) is 16.8. The molecule has 0 heterocycles. The first kappa shape index (κ1) is 36.4. The molecule has 0 atom stereocenters. The zero-order chi connectivity index (χ0) is 27.2. The molecule has 218 valence electrons. The van der Waals surface area contributed by atoms with Gasteiger partial charge in [-0.15, -0.1) is 0 Å². The lowest BCUT2D eigenvalue weighted by atomic mass is 10.4. The highest BCUT2D eigenvalue weighted by atomic mass is 28.5. The molecule has 0 unspecified atom stereocenters. The van der Waals surface area contributed by atoms with E-state index in [2.05, 4.69) is 55.4 Å². The van der Waals surface area contributed by atoms with E-state index in [9.17, 15) is 0 Å². The molecule has 0 aliphatic rings. The molecule has 0 saturated heterocycles. The van der Waals surface area contributed by atoms with Crippen LogP contribution in [0.25, 0.3) is 0 Å². The van der Waals surface area contributed by atoms with E-state index in [-0.39, 0.29) is 0 Å². The summed E-state index contributed by atoms with van der Waals surface area (Å²) in [4.78, 5) is 0. The predicted molar refractivity (Wildman–Crippen MR) is 155 cm³/mol. The molecular formula is C26H60O7Si3. The normalized spacial score (nSPS) is 13.0. The number of hydrogen-bond donors (Lipinski definition) is 0. The average molecular weight is 569 g/mol. The van der Waals surface area contributed by atoms with Gasteiger partial charge in [0.1, 0.15) is 0 Å². The molecule has 36 heavy (non-hydrogen) atoms. The van der Waals surface area contributed by atoms with E-state index in [0.717, 1.165) is 64.2 Å². The maximum absolute atomic E-state index is 7.00. The van der Waals surface area contributed by atoms with Gasteiger partial charge in [0, 0.05) is 51.2 Å². The second kappa shape index (κ2) is 22.2. The topological polar surface area (TPSA) is 64.6 Å². The highest BCUT2D eigenvalue weighted by Crippen LogP contribution is 2.31. The summed E-state index contributed by atoms with van der Waals surface area (Å²) in [7, 11) is -9.29. The Morgan fingerprint density at radius 2 is 0.556 bits per heavy atom. The molecular weight excluding hydrogens is 509 g/mol. The Bertz CT molecular complexity index is 446. The fraction of sp³-hybridized carbons (Fsp3) is 1.00. The van der Waals surface area contributed by atoms with Gasteiger partial charge in [-0.3, -0.25) is 0 Å². The highest BCUT2D eigenvalue weighted by molar-refractivity contribution is 6.80. The Labute approximate surface area is 227 Å². The molecule has 0 bridgehead atoms. The smallest absolute Gasteiger partial charge is 0.374 e. The maximum atomic E-state index is 7.00. The van der Waals surface area contributed by atoms with Gasteiger partial charge in [0.2, 0.25) is 0 Å². The minimum atomic E-state index is -3.24. The lowest BCUT2D eigenvalue weighted by Crippen LogP contribution is -2.64. The first-order valence-corrected chi connectivity index (χ1v) is 20.8. The number of unbranched alkanes of at least 4 members (excludes halogenated alkanes) is 5. The van der Waals surface area contributed by atoms with Gasteiger partial charge in [0.05, 0.1) is 0 Å². The standard InChI is InChI=1S/C26H60O7Si3/c1-9-17-22-27-34(14-6,28-23-18-10-2)32-36(16-8,31-26-21-13-5)33-35(15-7,29-24-19-11-3)30-25-20-12-4/h9-26H2,1-8H3. The van der Waals surface area contributed by atoms with Gasteiger partial charge in [-0.1, -0.05) is 87.5 Å². The minimum absolute atomic E-state index is 0.590. The fourth-order valence-electron chi connectivity index (χ4n) is 3.41. The first-order chi connectivity index (χ1) is 17.4. The quantitative estimate of drug-likeness (QED) is 0.0735. The van der Waals surface area contributed by atoms with Crippen LogP contribution in [0, 0.1) is 0 Å². The molecule has 0 spiro atoms. The van der Waals surface area contributed by atoms with Gasteiger partial charge in [-0.05, 0) is 32.1 Å². The van der Waals surface area contributed by atoms with Crippen LogP contribution in [-0.2, 0) is 30.4 Å². The van der Waals surface area contributed by atoms with Crippen molar-refractivity contribution >= 4 is 26.4 Å². The van der Waals surface area contributed by atoms with Crippen LogP contribution in [0.5, 0.6) is 0 Å². The zero-order valence-electron chi connectivity index (χ0n) is 25.1. The van der Waals surface area contributed by atoms with E-state index in [0.29, 0.717) is 51.2 Å². The molecule has 0 radical (unpaired) electrons. The van der Waals surface area contributed by atoms with E-state index in [1.54, 1.807) is 0 Å².